The van der Waals surface area contributed by atoms with Crippen LogP contribution in [0.2, 0.25) is 0 Å². The minimum absolute atomic E-state index is 0.252. The molecular weight excluding hydrogens is 156 g/mol. The number of carbonyl (C=O) groups is 2. The van der Waals surface area contributed by atoms with Crippen molar-refractivity contribution in [3.63, 3.8) is 0 Å². The van der Waals surface area contributed by atoms with E-state index in [1.165, 1.54) is 0 Å². The third-order valence-electron chi connectivity index (χ3n) is 2.16. The Morgan fingerprint density at radius 2 is 2.08 bits per heavy atom. The molecule has 2 atom stereocenters. The highest BCUT2D eigenvalue weighted by Gasteiger charge is 2.42. The Hall–Kier alpha value is -1.58. The summed E-state index contributed by atoms with van der Waals surface area (Å²) in [6.45, 7) is 0. The number of carbonyl (C=O) groups excluding carboxylic acids is 2. The van der Waals surface area contributed by atoms with Crippen LogP contribution in [-0.4, -0.2) is 11.8 Å². The smallest absolute Gasteiger partial charge is 0.236 e. The standard InChI is InChI=1S/C8H8N2O2/c9-5-3-1-2-4-6(5)8(12)10-7(4)11/h1-4,6H,9H2,(H,10,11,12)/t4-,6?/m1/s1. The van der Waals surface area contributed by atoms with Gasteiger partial charge in [0.1, 0.15) is 0 Å². The molecule has 0 spiro atoms. The molecular formula is C8H8N2O2. The first-order valence-electron chi connectivity index (χ1n) is 3.68. The first-order valence-corrected chi connectivity index (χ1v) is 3.68. The fraction of sp³-hybridized carbons (Fsp3) is 0.250. The number of hydrogen-bond acceptors (Lipinski definition) is 3. The van der Waals surface area contributed by atoms with Gasteiger partial charge < -0.3 is 5.73 Å². The molecule has 0 aromatic rings. The molecule has 2 aliphatic rings. The Labute approximate surface area is 69.1 Å². The van der Waals surface area contributed by atoms with Crippen LogP contribution in [0.4, 0.5) is 0 Å². The molecule has 4 nitrogen and oxygen atoms in total. The Balaban J connectivity index is 2.41. The zero-order valence-corrected chi connectivity index (χ0v) is 6.28. The highest BCUT2D eigenvalue weighted by atomic mass is 16.2. The van der Waals surface area contributed by atoms with Crippen LogP contribution < -0.4 is 11.1 Å². The van der Waals surface area contributed by atoms with Gasteiger partial charge in [-0.2, -0.15) is 0 Å². The van der Waals surface area contributed by atoms with Gasteiger partial charge in [0.25, 0.3) is 0 Å². The van der Waals surface area contributed by atoms with Crippen molar-refractivity contribution in [1.29, 1.82) is 0 Å². The highest BCUT2D eigenvalue weighted by Crippen LogP contribution is 2.27. The van der Waals surface area contributed by atoms with Crippen LogP contribution in [0.3, 0.4) is 0 Å². The van der Waals surface area contributed by atoms with E-state index in [1.54, 1.807) is 18.2 Å². The predicted molar refractivity (Wildman–Crippen MR) is 41.5 cm³/mol. The van der Waals surface area contributed by atoms with Gasteiger partial charge in [0, 0.05) is 5.70 Å². The monoisotopic (exact) mass is 164 g/mol. The lowest BCUT2D eigenvalue weighted by molar-refractivity contribution is -0.125. The lowest BCUT2D eigenvalue weighted by Gasteiger charge is -2.14. The van der Waals surface area contributed by atoms with Gasteiger partial charge in [-0.1, -0.05) is 12.2 Å². The highest BCUT2D eigenvalue weighted by molar-refractivity contribution is 6.07. The first-order chi connectivity index (χ1) is 5.70. The van der Waals surface area contributed by atoms with Crippen molar-refractivity contribution < 1.29 is 9.59 Å². The van der Waals surface area contributed by atoms with Gasteiger partial charge in [-0.25, -0.2) is 0 Å². The van der Waals surface area contributed by atoms with Crippen LogP contribution >= 0.6 is 0 Å². The molecule has 0 aromatic carbocycles. The van der Waals surface area contributed by atoms with Crippen LogP contribution in [0.25, 0.3) is 0 Å². The van der Waals surface area contributed by atoms with Crippen molar-refractivity contribution >= 4 is 11.8 Å². The zero-order valence-electron chi connectivity index (χ0n) is 6.28. The maximum Gasteiger partial charge on any atom is 0.236 e. The van der Waals surface area contributed by atoms with E-state index in [-0.39, 0.29) is 17.7 Å². The largest absolute Gasteiger partial charge is 0.401 e. The van der Waals surface area contributed by atoms with E-state index in [1.807, 2.05) is 0 Å². The fourth-order valence-corrected chi connectivity index (χ4v) is 1.54. The van der Waals surface area contributed by atoms with E-state index >= 15 is 0 Å². The van der Waals surface area contributed by atoms with Gasteiger partial charge in [-0.05, 0) is 6.08 Å². The van der Waals surface area contributed by atoms with Crippen molar-refractivity contribution in [3.05, 3.63) is 23.9 Å². The minimum Gasteiger partial charge on any atom is -0.401 e. The molecule has 0 aromatic heterocycles. The van der Waals surface area contributed by atoms with Gasteiger partial charge in [0.05, 0.1) is 11.8 Å². The summed E-state index contributed by atoms with van der Waals surface area (Å²) >= 11 is 0. The lowest BCUT2D eigenvalue weighted by atomic mass is 9.88. The summed E-state index contributed by atoms with van der Waals surface area (Å²) in [7, 11) is 0. The predicted octanol–water partition coefficient (Wildman–Crippen LogP) is -0.712. The number of fused-ring (bicyclic) bond motifs is 1. The van der Waals surface area contributed by atoms with Crippen molar-refractivity contribution in [3.8, 4) is 0 Å². The molecule has 62 valence electrons. The molecule has 1 fully saturated rings. The maximum absolute atomic E-state index is 11.1. The van der Waals surface area contributed by atoms with E-state index in [0.29, 0.717) is 5.70 Å². The summed E-state index contributed by atoms with van der Waals surface area (Å²) in [5.41, 5.74) is 6.03. The summed E-state index contributed by atoms with van der Waals surface area (Å²) in [5, 5.41) is 2.24. The third kappa shape index (κ3) is 0.777. The average molecular weight is 164 g/mol. The molecule has 0 bridgehead atoms. The second-order valence-corrected chi connectivity index (χ2v) is 2.91. The zero-order chi connectivity index (χ0) is 8.72. The number of allylic oxidation sites excluding steroid dienone is 2. The van der Waals surface area contributed by atoms with Crippen LogP contribution in [0.1, 0.15) is 0 Å². The summed E-state index contributed by atoms with van der Waals surface area (Å²) in [5.74, 6) is -1.40. The van der Waals surface area contributed by atoms with E-state index in [0.717, 1.165) is 0 Å². The number of nitrogens with two attached hydrogens (primary N) is 1. The van der Waals surface area contributed by atoms with Crippen molar-refractivity contribution in [2.45, 2.75) is 0 Å². The molecule has 3 N–H and O–H groups in total. The molecule has 12 heavy (non-hydrogen) atoms. The Morgan fingerprint density at radius 3 is 2.75 bits per heavy atom. The number of hydrogen-bond donors (Lipinski definition) is 2. The number of amides is 2. The Bertz CT molecular complexity index is 317. The quantitative estimate of drug-likeness (QED) is 0.464. The minimum atomic E-state index is -0.470. The Kier molecular flexibility index (Phi) is 1.30. The van der Waals surface area contributed by atoms with Gasteiger partial charge in [0.15, 0.2) is 0 Å². The maximum atomic E-state index is 11.1. The van der Waals surface area contributed by atoms with Gasteiger partial charge in [0.2, 0.25) is 11.8 Å². The second-order valence-electron chi connectivity index (χ2n) is 2.91. The molecule has 0 radical (unpaired) electrons. The topological polar surface area (TPSA) is 72.2 Å². The average Bonchev–Trinajstić information content (AvgIpc) is 2.29. The molecule has 1 unspecified atom stereocenters. The molecule has 1 saturated heterocycles. The van der Waals surface area contributed by atoms with Crippen LogP contribution in [0.5, 0.6) is 0 Å². The van der Waals surface area contributed by atoms with Crippen LogP contribution in [0, 0.1) is 11.8 Å². The van der Waals surface area contributed by atoms with E-state index in [9.17, 15) is 9.59 Å². The molecule has 1 aliphatic carbocycles. The molecule has 2 rings (SSSR count). The van der Waals surface area contributed by atoms with Crippen molar-refractivity contribution in [2.24, 2.45) is 17.6 Å². The first kappa shape index (κ1) is 7.09. The Morgan fingerprint density at radius 1 is 1.33 bits per heavy atom. The fourth-order valence-electron chi connectivity index (χ4n) is 1.54. The molecule has 1 heterocycles. The van der Waals surface area contributed by atoms with Crippen LogP contribution in [0.15, 0.2) is 23.9 Å². The van der Waals surface area contributed by atoms with Crippen molar-refractivity contribution in [2.75, 3.05) is 0 Å². The normalized spacial score (nSPS) is 32.8. The van der Waals surface area contributed by atoms with E-state index in [2.05, 4.69) is 5.32 Å². The molecule has 1 aliphatic heterocycles. The molecule has 4 heteroatoms. The summed E-state index contributed by atoms with van der Waals surface area (Å²) < 4.78 is 0. The summed E-state index contributed by atoms with van der Waals surface area (Å²) in [6.07, 6.45) is 5.05. The number of rotatable bonds is 0. The van der Waals surface area contributed by atoms with Gasteiger partial charge in [-0.3, -0.25) is 14.9 Å². The van der Waals surface area contributed by atoms with E-state index in [4.69, 9.17) is 5.73 Å². The lowest BCUT2D eigenvalue weighted by Crippen LogP contribution is -2.25. The molecule has 2 amide bonds. The van der Waals surface area contributed by atoms with E-state index < -0.39 is 5.92 Å². The summed E-state index contributed by atoms with van der Waals surface area (Å²) in [6, 6.07) is 0. The van der Waals surface area contributed by atoms with Crippen LogP contribution in [-0.2, 0) is 9.59 Å². The van der Waals surface area contributed by atoms with Crippen molar-refractivity contribution in [1.82, 2.24) is 5.32 Å². The number of nitrogens with one attached hydrogen (secondary N) is 1. The SMILES string of the molecule is NC1=CC=C[C@H]2C(=O)NC(=O)C12. The van der Waals surface area contributed by atoms with Gasteiger partial charge >= 0.3 is 0 Å². The molecule has 0 saturated carbocycles. The number of imide groups is 1. The second kappa shape index (κ2) is 2.20. The summed E-state index contributed by atoms with van der Waals surface area (Å²) in [4.78, 5) is 22.2. The third-order valence-corrected chi connectivity index (χ3v) is 2.16. The van der Waals surface area contributed by atoms with Gasteiger partial charge in [-0.15, -0.1) is 0 Å².